The van der Waals surface area contributed by atoms with Gasteiger partial charge in [0, 0.05) is 38.4 Å². The van der Waals surface area contributed by atoms with Gasteiger partial charge in [-0.3, -0.25) is 13.9 Å². The molecule has 0 aliphatic carbocycles. The summed E-state index contributed by atoms with van der Waals surface area (Å²) in [5, 5.41) is 8.27. The number of fused-ring (bicyclic) bond motifs is 1. The molecule has 1 fully saturated rings. The van der Waals surface area contributed by atoms with Crippen molar-refractivity contribution in [2.45, 2.75) is 51.7 Å². The number of allylic oxidation sites excluding steroid dienone is 1. The van der Waals surface area contributed by atoms with E-state index in [4.69, 9.17) is 0 Å². The molecule has 0 saturated carbocycles. The second kappa shape index (κ2) is 10.5. The summed E-state index contributed by atoms with van der Waals surface area (Å²) in [7, 11) is 1.86. The fourth-order valence-electron chi connectivity index (χ4n) is 5.64. The monoisotopic (exact) mass is 538 g/mol. The Morgan fingerprint density at radius 1 is 1.23 bits per heavy atom. The lowest BCUT2D eigenvalue weighted by molar-refractivity contribution is -0.136. The van der Waals surface area contributed by atoms with E-state index in [-0.39, 0.29) is 11.4 Å². The van der Waals surface area contributed by atoms with Gasteiger partial charge in [-0.1, -0.05) is 24.6 Å². The summed E-state index contributed by atoms with van der Waals surface area (Å²) in [4.78, 5) is 15.7. The second-order valence-corrected chi connectivity index (χ2v) is 10.9. The van der Waals surface area contributed by atoms with Gasteiger partial charge in [0.15, 0.2) is 0 Å². The highest BCUT2D eigenvalue weighted by atomic mass is 19.4. The number of imidazole rings is 1. The lowest BCUT2D eigenvalue weighted by atomic mass is 9.91. The van der Waals surface area contributed by atoms with E-state index in [1.54, 1.807) is 24.7 Å². The van der Waals surface area contributed by atoms with Crippen LogP contribution in [0.2, 0.25) is 0 Å². The number of pyridine rings is 1. The maximum Gasteiger partial charge on any atom is 0.418 e. The number of benzene rings is 1. The third-order valence-electron chi connectivity index (χ3n) is 7.44. The van der Waals surface area contributed by atoms with Crippen LogP contribution in [0.5, 0.6) is 0 Å². The van der Waals surface area contributed by atoms with E-state index in [2.05, 4.69) is 28.6 Å². The van der Waals surface area contributed by atoms with Crippen LogP contribution in [0.3, 0.4) is 0 Å². The van der Waals surface area contributed by atoms with Crippen LogP contribution >= 0.6 is 0 Å². The lowest BCUT2D eigenvalue weighted by Crippen LogP contribution is -2.34. The van der Waals surface area contributed by atoms with E-state index in [1.807, 2.05) is 30.7 Å². The molecule has 0 spiro atoms. The highest BCUT2D eigenvalue weighted by Crippen LogP contribution is 2.34. The number of hydrogen-bond acceptors (Lipinski definition) is 4. The van der Waals surface area contributed by atoms with Crippen LogP contribution in [-0.4, -0.2) is 41.7 Å². The zero-order chi connectivity index (χ0) is 27.9. The minimum atomic E-state index is -4.60. The van der Waals surface area contributed by atoms with Gasteiger partial charge in [-0.2, -0.15) is 13.2 Å². The molecule has 1 aliphatic heterocycles. The Hall–Kier alpha value is -3.66. The third kappa shape index (κ3) is 5.56. The van der Waals surface area contributed by atoms with Crippen LogP contribution in [0.1, 0.15) is 61.5 Å². The lowest BCUT2D eigenvalue weighted by Gasteiger charge is -2.31. The van der Waals surface area contributed by atoms with Gasteiger partial charge in [-0.15, -0.1) is 16.8 Å². The first-order valence-corrected chi connectivity index (χ1v) is 13.2. The molecule has 1 aliphatic rings. The van der Waals surface area contributed by atoms with Crippen LogP contribution in [-0.2, 0) is 19.8 Å². The summed E-state index contributed by atoms with van der Waals surface area (Å²) >= 11 is 0. The minimum Gasteiger partial charge on any atom is -0.320 e. The molecule has 5 rings (SSSR count). The van der Waals surface area contributed by atoms with Gasteiger partial charge in [-0.05, 0) is 68.0 Å². The summed E-state index contributed by atoms with van der Waals surface area (Å²) in [5.41, 5.74) is 1.25. The molecule has 3 aromatic heterocycles. The minimum absolute atomic E-state index is 0.166. The predicted octanol–water partition coefficient (Wildman–Crippen LogP) is 5.57. The van der Waals surface area contributed by atoms with E-state index < -0.39 is 17.4 Å². The summed E-state index contributed by atoms with van der Waals surface area (Å²) in [5.74, 6) is 1.06. The van der Waals surface area contributed by atoms with Crippen LogP contribution in [0.15, 0.2) is 66.0 Å². The Morgan fingerprint density at radius 2 is 2.03 bits per heavy atom. The van der Waals surface area contributed by atoms with Crippen molar-refractivity contribution in [3.63, 3.8) is 0 Å². The van der Waals surface area contributed by atoms with Crippen molar-refractivity contribution in [3.8, 4) is 5.69 Å². The van der Waals surface area contributed by atoms with E-state index in [9.17, 15) is 18.0 Å². The first-order chi connectivity index (χ1) is 18.5. The Labute approximate surface area is 225 Å². The molecule has 206 valence electrons. The van der Waals surface area contributed by atoms with Crippen LogP contribution in [0.4, 0.5) is 13.2 Å². The Kier molecular flexibility index (Phi) is 7.24. The van der Waals surface area contributed by atoms with Crippen molar-refractivity contribution in [1.82, 2.24) is 28.6 Å². The number of nitrogens with zero attached hydrogens (tertiary/aromatic N) is 6. The van der Waals surface area contributed by atoms with E-state index >= 15 is 0 Å². The molecule has 4 heterocycles. The molecule has 2 atom stereocenters. The van der Waals surface area contributed by atoms with Crippen molar-refractivity contribution < 1.29 is 13.2 Å². The van der Waals surface area contributed by atoms with Crippen molar-refractivity contribution in [2.75, 3.05) is 13.1 Å². The third-order valence-corrected chi connectivity index (χ3v) is 7.44. The van der Waals surface area contributed by atoms with E-state index in [1.165, 1.54) is 16.8 Å². The quantitative estimate of drug-likeness (QED) is 0.289. The zero-order valence-electron chi connectivity index (χ0n) is 22.4. The Balaban J connectivity index is 1.59. The fourth-order valence-corrected chi connectivity index (χ4v) is 5.64. The first-order valence-electron chi connectivity index (χ1n) is 13.2. The first kappa shape index (κ1) is 26.9. The van der Waals surface area contributed by atoms with Gasteiger partial charge in [0.2, 0.25) is 0 Å². The van der Waals surface area contributed by atoms with Crippen LogP contribution in [0, 0.1) is 5.92 Å². The molecule has 10 heteroatoms. The number of aryl methyl sites for hydroxylation is 1. The molecular weight excluding hydrogens is 505 g/mol. The molecule has 1 saturated heterocycles. The number of halogens is 3. The largest absolute Gasteiger partial charge is 0.418 e. The molecule has 0 amide bonds. The van der Waals surface area contributed by atoms with Crippen LogP contribution < -0.4 is 5.69 Å². The summed E-state index contributed by atoms with van der Waals surface area (Å²) in [6.45, 7) is 10.2. The summed E-state index contributed by atoms with van der Waals surface area (Å²) < 4.78 is 46.9. The Bertz CT molecular complexity index is 1560. The summed E-state index contributed by atoms with van der Waals surface area (Å²) in [6, 6.07) is 8.46. The average Bonchev–Trinajstić information content (AvgIpc) is 3.44. The van der Waals surface area contributed by atoms with Crippen molar-refractivity contribution in [2.24, 2.45) is 13.0 Å². The summed E-state index contributed by atoms with van der Waals surface area (Å²) in [6.07, 6.45) is 2.60. The number of alkyl halides is 3. The topological polar surface area (TPSA) is 60.4 Å². The van der Waals surface area contributed by atoms with Crippen molar-refractivity contribution in [3.05, 3.63) is 94.2 Å². The molecule has 0 unspecified atom stereocenters. The number of rotatable bonds is 7. The normalized spacial score (nSPS) is 17.5. The van der Waals surface area contributed by atoms with Crippen LogP contribution in [0.25, 0.3) is 11.2 Å². The standard InChI is InChI=1S/C29H33F3N6O/c1-19(2)11-24(27-34-33-18-35(27)4)22-8-5-9-23(13-22)37-17-26-25(29(30,31)32)12-21(16-38(26)28(37)39)15-36-10-6-7-20(3)14-36/h5,8-9,12-13,16-18,20,24H,1,6-7,10-11,14-15H2,2-4H3/t20-,24+/m0/s1. The maximum atomic E-state index is 14.2. The van der Waals surface area contributed by atoms with Crippen molar-refractivity contribution >= 4 is 5.52 Å². The highest BCUT2D eigenvalue weighted by Gasteiger charge is 2.35. The number of likely N-dealkylation sites (tertiary alicyclic amines) is 1. The fraction of sp³-hybridized carbons (Fsp3) is 0.414. The van der Waals surface area contributed by atoms with Gasteiger partial charge in [-0.25, -0.2) is 4.79 Å². The van der Waals surface area contributed by atoms with Gasteiger partial charge in [0.1, 0.15) is 12.2 Å². The molecule has 0 bridgehead atoms. The van der Waals surface area contributed by atoms with E-state index in [0.29, 0.717) is 30.1 Å². The smallest absolute Gasteiger partial charge is 0.320 e. The molecule has 0 N–H and O–H groups in total. The molecule has 0 radical (unpaired) electrons. The molecule has 4 aromatic rings. The number of aromatic nitrogens is 5. The van der Waals surface area contributed by atoms with E-state index in [0.717, 1.165) is 47.3 Å². The van der Waals surface area contributed by atoms with Gasteiger partial charge >= 0.3 is 11.9 Å². The van der Waals surface area contributed by atoms with Crippen molar-refractivity contribution in [1.29, 1.82) is 0 Å². The second-order valence-electron chi connectivity index (χ2n) is 10.9. The van der Waals surface area contributed by atoms with Gasteiger partial charge in [0.05, 0.1) is 16.8 Å². The average molecular weight is 539 g/mol. The predicted molar refractivity (Wildman–Crippen MR) is 144 cm³/mol. The molecule has 1 aromatic carbocycles. The Morgan fingerprint density at radius 3 is 2.69 bits per heavy atom. The number of piperidine rings is 1. The number of hydrogen-bond donors (Lipinski definition) is 0. The maximum absolute atomic E-state index is 14.2. The van der Waals surface area contributed by atoms with Gasteiger partial charge < -0.3 is 4.57 Å². The molecule has 7 nitrogen and oxygen atoms in total. The van der Waals surface area contributed by atoms with Gasteiger partial charge in [0.25, 0.3) is 0 Å². The molecular formula is C29H33F3N6O. The highest BCUT2D eigenvalue weighted by molar-refractivity contribution is 5.58. The molecule has 39 heavy (non-hydrogen) atoms. The SMILES string of the molecule is C=C(C)C[C@H](c1cccc(-n2cc3c(C(F)(F)F)cc(CN4CCC[C@H](C)C4)cn3c2=O)c1)c1nncn1C. The zero-order valence-corrected chi connectivity index (χ0v) is 22.4.